The lowest BCUT2D eigenvalue weighted by molar-refractivity contribution is -0.141. The summed E-state index contributed by atoms with van der Waals surface area (Å²) in [7, 11) is 1.47. The summed E-state index contributed by atoms with van der Waals surface area (Å²) in [5.41, 5.74) is 4.32. The fraction of sp³-hybridized carbons (Fsp3) is 0.750. The van der Waals surface area contributed by atoms with Gasteiger partial charge in [0.1, 0.15) is 6.04 Å². The van der Waals surface area contributed by atoms with Crippen LogP contribution in [0.2, 0.25) is 0 Å². The van der Waals surface area contributed by atoms with Crippen molar-refractivity contribution in [1.29, 1.82) is 0 Å². The number of carbonyl (C=O) groups excluding carboxylic acids is 2. The van der Waals surface area contributed by atoms with E-state index in [0.717, 1.165) is 0 Å². The molecule has 1 rings (SSSR count). The normalized spacial score (nSPS) is 22.6. The maximum Gasteiger partial charge on any atom is 0.326 e. The molecule has 1 saturated heterocycles. The highest BCUT2D eigenvalue weighted by atomic mass is 16.5. The number of nitrogens with zero attached hydrogens (tertiary/aromatic N) is 1. The van der Waals surface area contributed by atoms with Crippen molar-refractivity contribution in [2.24, 2.45) is 11.1 Å². The van der Waals surface area contributed by atoms with Gasteiger partial charge in [0.2, 0.25) is 5.91 Å². The van der Waals surface area contributed by atoms with Crippen LogP contribution >= 0.6 is 0 Å². The predicted molar refractivity (Wildman–Crippen MR) is 69.9 cm³/mol. The Morgan fingerprint density at radius 1 is 1.45 bits per heavy atom. The van der Waals surface area contributed by atoms with E-state index in [-0.39, 0.29) is 25.6 Å². The third kappa shape index (κ3) is 3.60. The van der Waals surface area contributed by atoms with Gasteiger partial charge in [0.15, 0.2) is 0 Å². The maximum absolute atomic E-state index is 12.0. The molecule has 114 valence electrons. The molecule has 1 fully saturated rings. The van der Waals surface area contributed by atoms with Gasteiger partial charge in [-0.2, -0.15) is 0 Å². The van der Waals surface area contributed by atoms with E-state index in [1.807, 2.05) is 0 Å². The Labute approximate surface area is 117 Å². The first-order valence-electron chi connectivity index (χ1n) is 6.29. The van der Waals surface area contributed by atoms with Crippen LogP contribution < -0.4 is 11.1 Å². The van der Waals surface area contributed by atoms with Gasteiger partial charge in [-0.05, 0) is 13.8 Å². The van der Waals surface area contributed by atoms with Crippen LogP contribution in [0.15, 0.2) is 0 Å². The first kappa shape index (κ1) is 16.2. The molecule has 2 atom stereocenters. The van der Waals surface area contributed by atoms with Crippen LogP contribution in [-0.2, 0) is 14.3 Å². The van der Waals surface area contributed by atoms with Gasteiger partial charge in [0.05, 0.1) is 11.5 Å². The van der Waals surface area contributed by atoms with E-state index in [0.29, 0.717) is 0 Å². The van der Waals surface area contributed by atoms with Crippen molar-refractivity contribution in [3.63, 3.8) is 0 Å². The zero-order valence-electron chi connectivity index (χ0n) is 11.9. The van der Waals surface area contributed by atoms with E-state index < -0.39 is 29.4 Å². The second-order valence-corrected chi connectivity index (χ2v) is 5.51. The topological polar surface area (TPSA) is 122 Å². The number of hydrogen-bond donors (Lipinski definition) is 3. The first-order valence-corrected chi connectivity index (χ1v) is 6.29. The average Bonchev–Trinajstić information content (AvgIpc) is 2.80. The monoisotopic (exact) mass is 287 g/mol. The van der Waals surface area contributed by atoms with Crippen LogP contribution in [0.4, 0.5) is 4.79 Å². The third-order valence-electron chi connectivity index (χ3n) is 3.49. The Morgan fingerprint density at radius 3 is 2.50 bits per heavy atom. The SMILES string of the molecule is COC1CC(C(=O)O)N(C(=O)NCC(C)(C)C(N)=O)C1. The van der Waals surface area contributed by atoms with Gasteiger partial charge in [-0.1, -0.05) is 0 Å². The Morgan fingerprint density at radius 2 is 2.05 bits per heavy atom. The molecule has 0 radical (unpaired) electrons. The van der Waals surface area contributed by atoms with Crippen LogP contribution in [0.1, 0.15) is 20.3 Å². The largest absolute Gasteiger partial charge is 0.480 e. The summed E-state index contributed by atoms with van der Waals surface area (Å²) >= 11 is 0. The second-order valence-electron chi connectivity index (χ2n) is 5.51. The van der Waals surface area contributed by atoms with Gasteiger partial charge in [-0.15, -0.1) is 0 Å². The molecule has 1 aliphatic heterocycles. The number of carboxylic acid groups (broad SMARTS) is 1. The molecule has 3 amide bonds. The molecule has 0 aliphatic carbocycles. The summed E-state index contributed by atoms with van der Waals surface area (Å²) in [6, 6.07) is -1.46. The zero-order valence-corrected chi connectivity index (χ0v) is 11.9. The van der Waals surface area contributed by atoms with Crippen LogP contribution in [0.5, 0.6) is 0 Å². The van der Waals surface area contributed by atoms with E-state index in [4.69, 9.17) is 15.6 Å². The van der Waals surface area contributed by atoms with Crippen LogP contribution in [0.25, 0.3) is 0 Å². The Hall–Kier alpha value is -1.83. The Balaban J connectivity index is 2.66. The molecule has 1 aliphatic rings. The summed E-state index contributed by atoms with van der Waals surface area (Å²) in [6.45, 7) is 3.45. The second kappa shape index (κ2) is 6.08. The number of primary amides is 1. The first-order chi connectivity index (χ1) is 9.19. The number of carbonyl (C=O) groups is 3. The van der Waals surface area contributed by atoms with Gasteiger partial charge in [-0.3, -0.25) is 4.79 Å². The molecule has 0 bridgehead atoms. The number of methoxy groups -OCH3 is 1. The lowest BCUT2D eigenvalue weighted by atomic mass is 9.93. The maximum atomic E-state index is 12.0. The summed E-state index contributed by atoms with van der Waals surface area (Å²) in [6.07, 6.45) is -0.0515. The van der Waals surface area contributed by atoms with Crippen molar-refractivity contribution in [2.45, 2.75) is 32.4 Å². The van der Waals surface area contributed by atoms with Crippen molar-refractivity contribution in [1.82, 2.24) is 10.2 Å². The molecule has 0 aromatic carbocycles. The van der Waals surface area contributed by atoms with E-state index in [1.54, 1.807) is 13.8 Å². The number of rotatable bonds is 5. The number of amides is 3. The minimum absolute atomic E-state index is 0.0433. The minimum atomic E-state index is -1.08. The minimum Gasteiger partial charge on any atom is -0.480 e. The average molecular weight is 287 g/mol. The summed E-state index contributed by atoms with van der Waals surface area (Å²) in [5, 5.41) is 11.7. The number of nitrogens with one attached hydrogen (secondary N) is 1. The van der Waals surface area contributed by atoms with Crippen molar-refractivity contribution < 1.29 is 24.2 Å². The standard InChI is InChI=1S/C12H21N3O5/c1-12(2,10(13)18)6-14-11(19)15-5-7(20-3)4-8(15)9(16)17/h7-8H,4-6H2,1-3H3,(H2,13,18)(H,14,19)(H,16,17). The number of hydrogen-bond acceptors (Lipinski definition) is 4. The smallest absolute Gasteiger partial charge is 0.326 e. The van der Waals surface area contributed by atoms with Gasteiger partial charge >= 0.3 is 12.0 Å². The van der Waals surface area contributed by atoms with Crippen molar-refractivity contribution in [3.05, 3.63) is 0 Å². The molecule has 2 unspecified atom stereocenters. The van der Waals surface area contributed by atoms with Gasteiger partial charge < -0.3 is 25.8 Å². The highest BCUT2D eigenvalue weighted by molar-refractivity contribution is 5.84. The molecule has 0 saturated carbocycles. The zero-order chi connectivity index (χ0) is 15.5. The van der Waals surface area contributed by atoms with E-state index >= 15 is 0 Å². The van der Waals surface area contributed by atoms with E-state index in [1.165, 1.54) is 12.0 Å². The molecule has 20 heavy (non-hydrogen) atoms. The number of urea groups is 1. The van der Waals surface area contributed by atoms with Crippen molar-refractivity contribution in [2.75, 3.05) is 20.2 Å². The van der Waals surface area contributed by atoms with Crippen LogP contribution in [0.3, 0.4) is 0 Å². The number of aliphatic carboxylic acids is 1. The fourth-order valence-electron chi connectivity index (χ4n) is 1.91. The lowest BCUT2D eigenvalue weighted by Gasteiger charge is -2.25. The molecule has 8 nitrogen and oxygen atoms in total. The van der Waals surface area contributed by atoms with Crippen LogP contribution in [-0.4, -0.2) is 60.3 Å². The number of ether oxygens (including phenoxy) is 1. The highest BCUT2D eigenvalue weighted by Crippen LogP contribution is 2.21. The van der Waals surface area contributed by atoms with Crippen molar-refractivity contribution in [3.8, 4) is 0 Å². The van der Waals surface area contributed by atoms with Crippen molar-refractivity contribution >= 4 is 17.9 Å². The highest BCUT2D eigenvalue weighted by Gasteiger charge is 2.40. The van der Waals surface area contributed by atoms with Gasteiger partial charge in [-0.25, -0.2) is 9.59 Å². The molecular formula is C12H21N3O5. The molecule has 8 heteroatoms. The predicted octanol–water partition coefficient (Wildman–Crippen LogP) is -0.619. The fourth-order valence-corrected chi connectivity index (χ4v) is 1.91. The Kier molecular flexibility index (Phi) is 4.93. The summed E-state index contributed by atoms with van der Waals surface area (Å²) in [5.74, 6) is -1.61. The van der Waals surface area contributed by atoms with Crippen LogP contribution in [0, 0.1) is 5.41 Å². The molecule has 0 spiro atoms. The third-order valence-corrected chi connectivity index (χ3v) is 3.49. The number of nitrogens with two attached hydrogens (primary N) is 1. The molecule has 0 aromatic rings. The van der Waals surface area contributed by atoms with E-state index in [9.17, 15) is 14.4 Å². The molecular weight excluding hydrogens is 266 g/mol. The summed E-state index contributed by atoms with van der Waals surface area (Å²) < 4.78 is 5.10. The molecule has 1 heterocycles. The lowest BCUT2D eigenvalue weighted by Crippen LogP contribution is -2.50. The molecule has 0 aromatic heterocycles. The summed E-state index contributed by atoms with van der Waals surface area (Å²) in [4.78, 5) is 35.5. The Bertz CT molecular complexity index is 410. The van der Waals surface area contributed by atoms with E-state index in [2.05, 4.69) is 5.32 Å². The van der Waals surface area contributed by atoms with Gasteiger partial charge in [0, 0.05) is 26.6 Å². The quantitative estimate of drug-likeness (QED) is 0.622. The number of carboxylic acids is 1. The molecule has 4 N–H and O–H groups in total. The number of likely N-dealkylation sites (tertiary alicyclic amines) is 1. The van der Waals surface area contributed by atoms with Gasteiger partial charge in [0.25, 0.3) is 0 Å².